The van der Waals surface area contributed by atoms with Gasteiger partial charge in [-0.1, -0.05) is 19.1 Å². The monoisotopic (exact) mass is 234 g/mol. The normalized spacial score (nSPS) is 16.6. The van der Waals surface area contributed by atoms with E-state index in [2.05, 4.69) is 42.3 Å². The molecule has 0 bridgehead atoms. The fraction of sp³-hybridized carbons (Fsp3) is 0.571. The summed E-state index contributed by atoms with van der Waals surface area (Å²) in [6, 6.07) is 2.17. The summed E-state index contributed by atoms with van der Waals surface area (Å²) >= 11 is 0. The molecule has 0 aliphatic carbocycles. The lowest BCUT2D eigenvalue weighted by Crippen LogP contribution is -2.26. The van der Waals surface area contributed by atoms with E-state index in [9.17, 15) is 0 Å². The SMILES string of the molecule is CCNCc1oc(CN2CC=CCC2)cc1C. The Labute approximate surface area is 103 Å². The first-order valence-electron chi connectivity index (χ1n) is 6.46. The Bertz CT molecular complexity index is 382. The highest BCUT2D eigenvalue weighted by molar-refractivity contribution is 5.20. The number of nitrogens with one attached hydrogen (secondary N) is 1. The van der Waals surface area contributed by atoms with Crippen molar-refractivity contribution in [2.45, 2.75) is 33.4 Å². The first-order valence-corrected chi connectivity index (χ1v) is 6.46. The second-order valence-electron chi connectivity index (χ2n) is 4.59. The van der Waals surface area contributed by atoms with Gasteiger partial charge in [-0.05, 0) is 31.5 Å². The van der Waals surface area contributed by atoms with Crippen LogP contribution in [0.1, 0.15) is 30.4 Å². The van der Waals surface area contributed by atoms with Gasteiger partial charge in [0, 0.05) is 13.1 Å². The van der Waals surface area contributed by atoms with Crippen molar-refractivity contribution in [3.63, 3.8) is 0 Å². The van der Waals surface area contributed by atoms with Crippen molar-refractivity contribution in [1.29, 1.82) is 0 Å². The number of nitrogens with zero attached hydrogens (tertiary/aromatic N) is 1. The summed E-state index contributed by atoms with van der Waals surface area (Å²) in [5.41, 5.74) is 1.26. The predicted octanol–water partition coefficient (Wildman–Crippen LogP) is 2.46. The van der Waals surface area contributed by atoms with Gasteiger partial charge in [0.25, 0.3) is 0 Å². The molecule has 2 rings (SSSR count). The molecule has 2 heterocycles. The van der Waals surface area contributed by atoms with E-state index >= 15 is 0 Å². The third-order valence-electron chi connectivity index (χ3n) is 3.13. The Hall–Kier alpha value is -1.06. The van der Waals surface area contributed by atoms with E-state index in [1.165, 1.54) is 5.56 Å². The number of hydrogen-bond acceptors (Lipinski definition) is 3. The van der Waals surface area contributed by atoms with E-state index in [0.29, 0.717) is 0 Å². The van der Waals surface area contributed by atoms with Crippen molar-refractivity contribution in [3.8, 4) is 0 Å². The molecule has 0 aromatic carbocycles. The van der Waals surface area contributed by atoms with Crippen LogP contribution in [0.5, 0.6) is 0 Å². The van der Waals surface area contributed by atoms with Crippen molar-refractivity contribution in [2.24, 2.45) is 0 Å². The maximum atomic E-state index is 5.89. The molecule has 17 heavy (non-hydrogen) atoms. The minimum Gasteiger partial charge on any atom is -0.463 e. The van der Waals surface area contributed by atoms with Gasteiger partial charge in [-0.25, -0.2) is 0 Å². The minimum absolute atomic E-state index is 0.836. The first kappa shape index (κ1) is 12.4. The second kappa shape index (κ2) is 6.03. The van der Waals surface area contributed by atoms with Crippen molar-refractivity contribution in [2.75, 3.05) is 19.6 Å². The molecule has 0 spiro atoms. The molecule has 0 saturated carbocycles. The average Bonchev–Trinajstić information content (AvgIpc) is 2.68. The third kappa shape index (κ3) is 3.45. The lowest BCUT2D eigenvalue weighted by molar-refractivity contribution is 0.261. The lowest BCUT2D eigenvalue weighted by atomic mass is 10.2. The minimum atomic E-state index is 0.836. The lowest BCUT2D eigenvalue weighted by Gasteiger charge is -2.21. The van der Waals surface area contributed by atoms with Crippen LogP contribution in [-0.4, -0.2) is 24.5 Å². The van der Waals surface area contributed by atoms with Crippen LogP contribution in [0.25, 0.3) is 0 Å². The first-order chi connectivity index (χ1) is 8.29. The Morgan fingerprint density at radius 3 is 3.00 bits per heavy atom. The largest absolute Gasteiger partial charge is 0.463 e. The Morgan fingerprint density at radius 1 is 1.41 bits per heavy atom. The molecule has 0 radical (unpaired) electrons. The van der Waals surface area contributed by atoms with E-state index in [-0.39, 0.29) is 0 Å². The van der Waals surface area contributed by atoms with Gasteiger partial charge >= 0.3 is 0 Å². The summed E-state index contributed by atoms with van der Waals surface area (Å²) in [6.07, 6.45) is 5.64. The van der Waals surface area contributed by atoms with Crippen LogP contribution >= 0.6 is 0 Å². The molecular formula is C14H22N2O. The molecule has 3 nitrogen and oxygen atoms in total. The molecule has 1 aliphatic heterocycles. The van der Waals surface area contributed by atoms with Gasteiger partial charge in [-0.3, -0.25) is 4.90 Å². The Kier molecular flexibility index (Phi) is 4.40. The maximum absolute atomic E-state index is 5.89. The summed E-state index contributed by atoms with van der Waals surface area (Å²) in [4.78, 5) is 2.41. The molecule has 3 heteroatoms. The van der Waals surface area contributed by atoms with Crippen LogP contribution in [0.2, 0.25) is 0 Å². The van der Waals surface area contributed by atoms with Crippen LogP contribution in [0.15, 0.2) is 22.6 Å². The third-order valence-corrected chi connectivity index (χ3v) is 3.13. The standard InChI is InChI=1S/C14H22N2O/c1-3-15-10-14-12(2)9-13(17-14)11-16-7-5-4-6-8-16/h4-5,9,15H,3,6-8,10-11H2,1-2H3. The van der Waals surface area contributed by atoms with Gasteiger partial charge in [0.15, 0.2) is 0 Å². The van der Waals surface area contributed by atoms with Crippen molar-refractivity contribution < 1.29 is 4.42 Å². The van der Waals surface area contributed by atoms with E-state index < -0.39 is 0 Å². The molecule has 1 aliphatic rings. The van der Waals surface area contributed by atoms with Crippen molar-refractivity contribution >= 4 is 0 Å². The molecule has 1 aromatic rings. The van der Waals surface area contributed by atoms with Gasteiger partial charge in [-0.2, -0.15) is 0 Å². The summed E-state index contributed by atoms with van der Waals surface area (Å²) in [6.45, 7) is 9.15. The summed E-state index contributed by atoms with van der Waals surface area (Å²) in [5, 5.41) is 3.30. The number of aryl methyl sites for hydroxylation is 1. The Morgan fingerprint density at radius 2 is 2.29 bits per heavy atom. The van der Waals surface area contributed by atoms with Gasteiger partial charge in [0.1, 0.15) is 11.5 Å². The molecule has 94 valence electrons. The van der Waals surface area contributed by atoms with Crippen LogP contribution in [-0.2, 0) is 13.1 Å². The average molecular weight is 234 g/mol. The van der Waals surface area contributed by atoms with Gasteiger partial charge < -0.3 is 9.73 Å². The van der Waals surface area contributed by atoms with Crippen molar-refractivity contribution in [1.82, 2.24) is 10.2 Å². The van der Waals surface area contributed by atoms with E-state index in [0.717, 1.165) is 50.7 Å². The quantitative estimate of drug-likeness (QED) is 0.793. The van der Waals surface area contributed by atoms with Crippen molar-refractivity contribution in [3.05, 3.63) is 35.3 Å². The summed E-state index contributed by atoms with van der Waals surface area (Å²) in [5.74, 6) is 2.17. The van der Waals surface area contributed by atoms with Gasteiger partial charge in [-0.15, -0.1) is 0 Å². The zero-order valence-electron chi connectivity index (χ0n) is 10.8. The molecule has 1 N–H and O–H groups in total. The molecule has 0 saturated heterocycles. The molecular weight excluding hydrogens is 212 g/mol. The summed E-state index contributed by atoms with van der Waals surface area (Å²) in [7, 11) is 0. The van der Waals surface area contributed by atoms with Crippen LogP contribution in [0, 0.1) is 6.92 Å². The maximum Gasteiger partial charge on any atom is 0.120 e. The fourth-order valence-electron chi connectivity index (χ4n) is 2.14. The zero-order valence-corrected chi connectivity index (χ0v) is 10.8. The van der Waals surface area contributed by atoms with Gasteiger partial charge in [0.05, 0.1) is 13.1 Å². The van der Waals surface area contributed by atoms with Gasteiger partial charge in [0.2, 0.25) is 0 Å². The smallest absolute Gasteiger partial charge is 0.120 e. The molecule has 0 amide bonds. The summed E-state index contributed by atoms with van der Waals surface area (Å²) < 4.78 is 5.89. The van der Waals surface area contributed by atoms with Crippen LogP contribution in [0.3, 0.4) is 0 Å². The second-order valence-corrected chi connectivity index (χ2v) is 4.59. The fourth-order valence-corrected chi connectivity index (χ4v) is 2.14. The zero-order chi connectivity index (χ0) is 12.1. The number of furan rings is 1. The van der Waals surface area contributed by atoms with E-state index in [4.69, 9.17) is 4.42 Å². The highest BCUT2D eigenvalue weighted by atomic mass is 16.3. The molecule has 0 fully saturated rings. The number of rotatable bonds is 5. The van der Waals surface area contributed by atoms with Crippen LogP contribution in [0.4, 0.5) is 0 Å². The van der Waals surface area contributed by atoms with E-state index in [1.807, 2.05) is 0 Å². The van der Waals surface area contributed by atoms with Crippen LogP contribution < -0.4 is 5.32 Å². The highest BCUT2D eigenvalue weighted by Crippen LogP contribution is 2.17. The predicted molar refractivity (Wildman–Crippen MR) is 69.9 cm³/mol. The topological polar surface area (TPSA) is 28.4 Å². The molecule has 0 unspecified atom stereocenters. The molecule has 0 atom stereocenters. The Balaban J connectivity index is 1.94. The molecule has 1 aromatic heterocycles. The number of hydrogen-bond donors (Lipinski definition) is 1. The highest BCUT2D eigenvalue weighted by Gasteiger charge is 2.12. The van der Waals surface area contributed by atoms with E-state index in [1.54, 1.807) is 0 Å².